The molecule has 21 heavy (non-hydrogen) atoms. The quantitative estimate of drug-likeness (QED) is 0.591. The Kier molecular flexibility index (Phi) is 3.80. The van der Waals surface area contributed by atoms with Gasteiger partial charge in [0.05, 0.1) is 15.9 Å². The summed E-state index contributed by atoms with van der Waals surface area (Å²) in [4.78, 5) is 17.1. The summed E-state index contributed by atoms with van der Waals surface area (Å²) in [6, 6.07) is 10.2. The summed E-state index contributed by atoms with van der Waals surface area (Å²) in [5, 5.41) is 0. The molecule has 3 nitrogen and oxygen atoms in total. The van der Waals surface area contributed by atoms with Gasteiger partial charge in [0.25, 0.3) is 0 Å². The lowest BCUT2D eigenvalue weighted by molar-refractivity contribution is 1.12. The second-order valence-electron chi connectivity index (χ2n) is 5.15. The summed E-state index contributed by atoms with van der Waals surface area (Å²) >= 11 is 7.39. The first-order chi connectivity index (χ1) is 9.97. The molecular formula is C16H14Br2N2O. The molecule has 0 aliphatic rings. The fourth-order valence-corrected chi connectivity index (χ4v) is 4.24. The normalized spacial score (nSPS) is 12.8. The van der Waals surface area contributed by atoms with E-state index in [1.54, 1.807) is 0 Å². The zero-order valence-corrected chi connectivity index (χ0v) is 14.8. The molecular weight excluding hydrogens is 396 g/mol. The highest BCUT2D eigenvalue weighted by Gasteiger charge is 2.17. The Morgan fingerprint density at radius 2 is 1.71 bits per heavy atom. The van der Waals surface area contributed by atoms with Gasteiger partial charge in [-0.2, -0.15) is 0 Å². The molecule has 0 aliphatic carbocycles. The molecule has 1 heterocycles. The minimum absolute atomic E-state index is 0.0644. The van der Waals surface area contributed by atoms with Crippen LogP contribution in [0, 0.1) is 13.8 Å². The van der Waals surface area contributed by atoms with Crippen molar-refractivity contribution >= 4 is 42.9 Å². The zero-order chi connectivity index (χ0) is 15.1. The van der Waals surface area contributed by atoms with E-state index >= 15 is 0 Å². The summed E-state index contributed by atoms with van der Waals surface area (Å²) < 4.78 is 0.966. The number of aryl methyl sites for hydroxylation is 1. The second kappa shape index (κ2) is 5.46. The van der Waals surface area contributed by atoms with E-state index in [4.69, 9.17) is 0 Å². The first-order valence-electron chi connectivity index (χ1n) is 6.59. The number of rotatable bonds is 2. The summed E-state index contributed by atoms with van der Waals surface area (Å²) in [5.41, 5.74) is 6.29. The average molecular weight is 410 g/mol. The van der Waals surface area contributed by atoms with Crippen LogP contribution in [-0.2, 0) is 0 Å². The molecule has 1 unspecified atom stereocenters. The maximum Gasteiger partial charge on any atom is 0.323 e. The Morgan fingerprint density at radius 1 is 1.05 bits per heavy atom. The third-order valence-corrected chi connectivity index (χ3v) is 5.50. The molecule has 2 aromatic carbocycles. The van der Waals surface area contributed by atoms with Gasteiger partial charge >= 0.3 is 5.69 Å². The maximum absolute atomic E-state index is 11.4. The van der Waals surface area contributed by atoms with Crippen molar-refractivity contribution in [3.8, 4) is 0 Å². The van der Waals surface area contributed by atoms with Gasteiger partial charge in [-0.1, -0.05) is 50.1 Å². The lowest BCUT2D eigenvalue weighted by Gasteiger charge is -2.16. The van der Waals surface area contributed by atoms with E-state index in [9.17, 15) is 4.79 Å². The molecule has 0 saturated carbocycles. The van der Waals surface area contributed by atoms with Crippen molar-refractivity contribution in [2.75, 3.05) is 0 Å². The van der Waals surface area contributed by atoms with Crippen molar-refractivity contribution in [1.29, 1.82) is 0 Å². The van der Waals surface area contributed by atoms with Gasteiger partial charge in [0.1, 0.15) is 0 Å². The minimum atomic E-state index is -0.188. The standard InChI is InChI=1S/C16H14Br2N2O/c1-8-4-3-5-10(9(8)2)15(18)11-6-13-14(7-12(11)17)20-16(21)19-13/h3-7,15H,1-2H3,(H2,19,20,21). The molecule has 0 bridgehead atoms. The topological polar surface area (TPSA) is 48.6 Å². The fraction of sp³-hybridized carbons (Fsp3) is 0.188. The van der Waals surface area contributed by atoms with Gasteiger partial charge in [-0.3, -0.25) is 0 Å². The van der Waals surface area contributed by atoms with Gasteiger partial charge in [0, 0.05) is 4.47 Å². The predicted molar refractivity (Wildman–Crippen MR) is 93.3 cm³/mol. The van der Waals surface area contributed by atoms with Crippen molar-refractivity contribution in [2.45, 2.75) is 18.7 Å². The van der Waals surface area contributed by atoms with E-state index in [1.165, 1.54) is 16.7 Å². The highest BCUT2D eigenvalue weighted by Crippen LogP contribution is 2.38. The van der Waals surface area contributed by atoms with Gasteiger partial charge in [-0.05, 0) is 48.2 Å². The van der Waals surface area contributed by atoms with Crippen LogP contribution in [-0.4, -0.2) is 9.97 Å². The number of imidazole rings is 1. The van der Waals surface area contributed by atoms with Crippen LogP contribution < -0.4 is 5.69 Å². The van der Waals surface area contributed by atoms with Crippen molar-refractivity contribution in [3.63, 3.8) is 0 Å². The third-order valence-electron chi connectivity index (χ3n) is 3.83. The molecule has 0 saturated heterocycles. The van der Waals surface area contributed by atoms with E-state index in [1.807, 2.05) is 12.1 Å². The maximum atomic E-state index is 11.4. The smallest absolute Gasteiger partial charge is 0.306 e. The summed E-state index contributed by atoms with van der Waals surface area (Å²) in [6.45, 7) is 4.24. The number of aromatic nitrogens is 2. The zero-order valence-electron chi connectivity index (χ0n) is 11.6. The molecule has 0 spiro atoms. The molecule has 0 aliphatic heterocycles. The Hall–Kier alpha value is -1.33. The van der Waals surface area contributed by atoms with E-state index < -0.39 is 0 Å². The van der Waals surface area contributed by atoms with Crippen molar-refractivity contribution in [2.24, 2.45) is 0 Å². The number of fused-ring (bicyclic) bond motifs is 1. The SMILES string of the molecule is Cc1cccc(C(Br)c2cc3[nH]c(=O)[nH]c3cc2Br)c1C. The highest BCUT2D eigenvalue weighted by atomic mass is 79.9. The number of hydrogen-bond donors (Lipinski definition) is 2. The number of aromatic amines is 2. The van der Waals surface area contributed by atoms with Crippen LogP contribution in [0.3, 0.4) is 0 Å². The van der Waals surface area contributed by atoms with Gasteiger partial charge in [0.15, 0.2) is 0 Å². The van der Waals surface area contributed by atoms with Crippen molar-refractivity contribution < 1.29 is 0 Å². The Bertz CT molecular complexity index is 880. The lowest BCUT2D eigenvalue weighted by Crippen LogP contribution is -1.99. The molecule has 3 rings (SSSR count). The van der Waals surface area contributed by atoms with E-state index in [-0.39, 0.29) is 10.5 Å². The van der Waals surface area contributed by atoms with Crippen LogP contribution >= 0.6 is 31.9 Å². The monoisotopic (exact) mass is 408 g/mol. The number of H-pyrrole nitrogens is 2. The minimum Gasteiger partial charge on any atom is -0.306 e. The van der Waals surface area contributed by atoms with Crippen LogP contribution in [0.4, 0.5) is 0 Å². The van der Waals surface area contributed by atoms with Crippen molar-refractivity contribution in [3.05, 3.63) is 67.5 Å². The van der Waals surface area contributed by atoms with Gasteiger partial charge in [-0.15, -0.1) is 0 Å². The Balaban J connectivity index is 2.16. The van der Waals surface area contributed by atoms with E-state index in [0.717, 1.165) is 21.1 Å². The van der Waals surface area contributed by atoms with Gasteiger partial charge in [0.2, 0.25) is 0 Å². The molecule has 3 aromatic rings. The molecule has 5 heteroatoms. The number of benzene rings is 2. The molecule has 108 valence electrons. The average Bonchev–Trinajstić information content (AvgIpc) is 2.79. The largest absolute Gasteiger partial charge is 0.323 e. The van der Waals surface area contributed by atoms with Crippen LogP contribution in [0.2, 0.25) is 0 Å². The predicted octanol–water partition coefficient (Wildman–Crippen LogP) is 4.72. The number of nitrogens with one attached hydrogen (secondary N) is 2. The fourth-order valence-electron chi connectivity index (χ4n) is 2.48. The number of halogens is 2. The number of alkyl halides is 1. The molecule has 1 aromatic heterocycles. The molecule has 0 fully saturated rings. The number of hydrogen-bond acceptors (Lipinski definition) is 1. The Labute approximate surface area is 139 Å². The molecule has 0 radical (unpaired) electrons. The van der Waals surface area contributed by atoms with Crippen LogP contribution in [0.1, 0.15) is 27.1 Å². The molecule has 2 N–H and O–H groups in total. The molecule has 0 amide bonds. The summed E-state index contributed by atoms with van der Waals surface area (Å²) in [5.74, 6) is 0. The van der Waals surface area contributed by atoms with Crippen LogP contribution in [0.15, 0.2) is 39.6 Å². The first kappa shape index (κ1) is 14.6. The third kappa shape index (κ3) is 2.60. The van der Waals surface area contributed by atoms with Crippen LogP contribution in [0.25, 0.3) is 11.0 Å². The second-order valence-corrected chi connectivity index (χ2v) is 6.92. The van der Waals surface area contributed by atoms with Gasteiger partial charge < -0.3 is 9.97 Å². The molecule has 1 atom stereocenters. The van der Waals surface area contributed by atoms with E-state index in [0.29, 0.717) is 0 Å². The summed E-state index contributed by atoms with van der Waals surface area (Å²) in [7, 11) is 0. The van der Waals surface area contributed by atoms with Crippen molar-refractivity contribution in [1.82, 2.24) is 9.97 Å². The van der Waals surface area contributed by atoms with E-state index in [2.05, 4.69) is 73.9 Å². The van der Waals surface area contributed by atoms with Gasteiger partial charge in [-0.25, -0.2) is 4.79 Å². The first-order valence-corrected chi connectivity index (χ1v) is 8.30. The summed E-state index contributed by atoms with van der Waals surface area (Å²) in [6.07, 6.45) is 0. The van der Waals surface area contributed by atoms with Crippen LogP contribution in [0.5, 0.6) is 0 Å². The Morgan fingerprint density at radius 3 is 2.43 bits per heavy atom. The highest BCUT2D eigenvalue weighted by molar-refractivity contribution is 9.11. The lowest BCUT2D eigenvalue weighted by atomic mass is 9.97.